The first-order valence-corrected chi connectivity index (χ1v) is 14.5. The van der Waals surface area contributed by atoms with Gasteiger partial charge < -0.3 is 0 Å². The van der Waals surface area contributed by atoms with E-state index in [-0.39, 0.29) is 0 Å². The molecule has 0 nitrogen and oxygen atoms in total. The highest BCUT2D eigenvalue weighted by molar-refractivity contribution is 5.20. The van der Waals surface area contributed by atoms with Gasteiger partial charge in [0.2, 0.25) is 0 Å². The first-order chi connectivity index (χ1) is 15.9. The second-order valence-corrected chi connectivity index (χ2v) is 14.3. The Labute approximate surface area is 212 Å². The Kier molecular flexibility index (Phi) is 7.49. The lowest BCUT2D eigenvalue weighted by molar-refractivity contribution is 0.0581. The van der Waals surface area contributed by atoms with Gasteiger partial charge in [-0.2, -0.15) is 0 Å². The number of allylic oxidation sites excluding steroid dienone is 8. The predicted octanol–water partition coefficient (Wildman–Crippen LogP) is 10.0. The summed E-state index contributed by atoms with van der Waals surface area (Å²) in [6, 6.07) is 0. The van der Waals surface area contributed by atoms with Crippen LogP contribution < -0.4 is 0 Å². The van der Waals surface area contributed by atoms with Crippen LogP contribution in [-0.2, 0) is 0 Å². The molecule has 0 radical (unpaired) electrons. The fourth-order valence-corrected chi connectivity index (χ4v) is 10.1. The van der Waals surface area contributed by atoms with Crippen LogP contribution in [0.4, 0.5) is 0 Å². The molecule has 34 heavy (non-hydrogen) atoms. The fraction of sp³-hybridized carbons (Fsp3) is 0.765. The molecule has 0 aromatic carbocycles. The second kappa shape index (κ2) is 9.78. The largest absolute Gasteiger partial charge is 0.0825 e. The highest BCUT2D eigenvalue weighted by atomic mass is 14.7. The number of hydrogen-bond acceptors (Lipinski definition) is 0. The zero-order valence-electron chi connectivity index (χ0n) is 24.1. The lowest BCUT2D eigenvalue weighted by Crippen LogP contribution is -2.37. The van der Waals surface area contributed by atoms with Crippen molar-refractivity contribution in [3.8, 4) is 0 Å². The van der Waals surface area contributed by atoms with E-state index in [0.717, 1.165) is 59.2 Å². The number of rotatable bonds is 5. The van der Waals surface area contributed by atoms with Crippen LogP contribution in [0.1, 0.15) is 101 Å². The molecule has 0 amide bonds. The molecule has 4 aliphatic rings. The van der Waals surface area contributed by atoms with Crippen LogP contribution in [0, 0.1) is 64.6 Å². The molecule has 4 saturated carbocycles. The summed E-state index contributed by atoms with van der Waals surface area (Å²) in [6.45, 7) is 23.9. The van der Waals surface area contributed by atoms with Crippen molar-refractivity contribution in [2.45, 2.75) is 101 Å². The summed E-state index contributed by atoms with van der Waals surface area (Å²) in [6.07, 6.45) is 17.8. The van der Waals surface area contributed by atoms with Crippen LogP contribution in [-0.4, -0.2) is 0 Å². The van der Waals surface area contributed by atoms with E-state index in [9.17, 15) is 0 Å². The average Bonchev–Trinajstić information content (AvgIpc) is 3.39. The van der Waals surface area contributed by atoms with Crippen LogP contribution in [0.3, 0.4) is 0 Å². The van der Waals surface area contributed by atoms with Crippen molar-refractivity contribution in [2.75, 3.05) is 0 Å². The highest BCUT2D eigenvalue weighted by Gasteiger charge is 2.62. The minimum absolute atomic E-state index is 0.500. The molecule has 4 fully saturated rings. The van der Waals surface area contributed by atoms with Gasteiger partial charge in [-0.15, -0.1) is 0 Å². The molecule has 0 heterocycles. The third kappa shape index (κ3) is 4.69. The van der Waals surface area contributed by atoms with Gasteiger partial charge in [-0.05, 0) is 152 Å². The second-order valence-electron chi connectivity index (χ2n) is 14.3. The van der Waals surface area contributed by atoms with Gasteiger partial charge in [-0.1, -0.05) is 60.4 Å². The van der Waals surface area contributed by atoms with Crippen LogP contribution in [0.25, 0.3) is 0 Å². The fourth-order valence-electron chi connectivity index (χ4n) is 10.1. The van der Waals surface area contributed by atoms with Crippen LogP contribution >= 0.6 is 0 Å². The lowest BCUT2D eigenvalue weighted by Gasteiger charge is -2.43. The Morgan fingerprint density at radius 3 is 1.65 bits per heavy atom. The third-order valence-corrected chi connectivity index (χ3v) is 10.7. The lowest BCUT2D eigenvalue weighted by atomic mass is 9.61. The maximum Gasteiger partial charge on any atom is -0.0189 e. The summed E-state index contributed by atoms with van der Waals surface area (Å²) in [4.78, 5) is 0. The third-order valence-electron chi connectivity index (χ3n) is 10.7. The zero-order chi connectivity index (χ0) is 24.9. The van der Waals surface area contributed by atoms with Crippen LogP contribution in [0.15, 0.2) is 46.6 Å². The number of fused-ring (bicyclic) bond motifs is 2. The van der Waals surface area contributed by atoms with Crippen molar-refractivity contribution < 1.29 is 0 Å². The van der Waals surface area contributed by atoms with Crippen molar-refractivity contribution in [3.05, 3.63) is 46.6 Å². The molecule has 0 N–H and O–H groups in total. The molecular formula is C34H54. The predicted molar refractivity (Wildman–Crippen MR) is 149 cm³/mol. The smallest absolute Gasteiger partial charge is 0.0189 e. The van der Waals surface area contributed by atoms with Gasteiger partial charge in [-0.25, -0.2) is 0 Å². The summed E-state index contributed by atoms with van der Waals surface area (Å²) < 4.78 is 0. The van der Waals surface area contributed by atoms with Gasteiger partial charge in [0, 0.05) is 0 Å². The van der Waals surface area contributed by atoms with Gasteiger partial charge in [0.1, 0.15) is 0 Å². The Bertz CT molecular complexity index is 864. The summed E-state index contributed by atoms with van der Waals surface area (Å²) >= 11 is 0. The van der Waals surface area contributed by atoms with Crippen molar-refractivity contribution >= 4 is 0 Å². The maximum absolute atomic E-state index is 2.75. The maximum atomic E-state index is 2.75. The number of hydrogen-bond donors (Lipinski definition) is 0. The zero-order valence-corrected chi connectivity index (χ0v) is 24.1. The SMILES string of the molecule is CC(C)=CC1CC(C=C(C)C)C2C1C[C@H](C1(C)CCC3C(C=C(C)C)CC(C=C(C)C)C31)C2C. The van der Waals surface area contributed by atoms with Gasteiger partial charge >= 0.3 is 0 Å². The quantitative estimate of drug-likeness (QED) is 0.356. The molecule has 0 aromatic rings. The monoisotopic (exact) mass is 462 g/mol. The molecule has 0 heteroatoms. The van der Waals surface area contributed by atoms with Gasteiger partial charge in [0.15, 0.2) is 0 Å². The Morgan fingerprint density at radius 1 is 0.618 bits per heavy atom. The highest BCUT2D eigenvalue weighted by Crippen LogP contribution is 2.69. The van der Waals surface area contributed by atoms with E-state index in [1.165, 1.54) is 54.4 Å². The normalized spacial score (nSPS) is 44.9. The Balaban J connectivity index is 1.68. The minimum Gasteiger partial charge on any atom is -0.0825 e. The van der Waals surface area contributed by atoms with E-state index in [1.807, 2.05) is 0 Å². The van der Waals surface area contributed by atoms with Gasteiger partial charge in [-0.3, -0.25) is 0 Å². The topological polar surface area (TPSA) is 0 Å². The molecule has 0 saturated heterocycles. The summed E-state index contributed by atoms with van der Waals surface area (Å²) in [5, 5.41) is 0. The molecule has 4 aliphatic carbocycles. The summed E-state index contributed by atoms with van der Waals surface area (Å²) in [5.41, 5.74) is 6.59. The molecule has 0 spiro atoms. The average molecular weight is 463 g/mol. The molecule has 0 aliphatic heterocycles. The van der Waals surface area contributed by atoms with Gasteiger partial charge in [0.05, 0.1) is 0 Å². The van der Waals surface area contributed by atoms with Gasteiger partial charge in [0.25, 0.3) is 0 Å². The molecule has 4 rings (SSSR count). The first-order valence-electron chi connectivity index (χ1n) is 14.5. The van der Waals surface area contributed by atoms with E-state index in [0.29, 0.717) is 5.41 Å². The van der Waals surface area contributed by atoms with E-state index in [2.05, 4.69) is 93.5 Å². The van der Waals surface area contributed by atoms with Crippen molar-refractivity contribution in [1.82, 2.24) is 0 Å². The van der Waals surface area contributed by atoms with Crippen molar-refractivity contribution in [3.63, 3.8) is 0 Å². The minimum atomic E-state index is 0.500. The molecular weight excluding hydrogens is 408 g/mol. The van der Waals surface area contributed by atoms with E-state index in [4.69, 9.17) is 0 Å². The van der Waals surface area contributed by atoms with E-state index >= 15 is 0 Å². The molecule has 11 atom stereocenters. The molecule has 190 valence electrons. The molecule has 0 aromatic heterocycles. The summed E-state index contributed by atoms with van der Waals surface area (Å²) in [5.74, 6) is 8.43. The van der Waals surface area contributed by atoms with E-state index < -0.39 is 0 Å². The van der Waals surface area contributed by atoms with Crippen LogP contribution in [0.2, 0.25) is 0 Å². The van der Waals surface area contributed by atoms with Crippen molar-refractivity contribution in [1.29, 1.82) is 0 Å². The van der Waals surface area contributed by atoms with Crippen molar-refractivity contribution in [2.24, 2.45) is 64.6 Å². The Hall–Kier alpha value is -1.04. The van der Waals surface area contributed by atoms with Crippen LogP contribution in [0.5, 0.6) is 0 Å². The molecule has 10 unspecified atom stereocenters. The first kappa shape index (κ1) is 26.0. The van der Waals surface area contributed by atoms with E-state index in [1.54, 1.807) is 0 Å². The Morgan fingerprint density at radius 2 is 1.09 bits per heavy atom. The standard InChI is InChI=1S/C34H54/c1-20(2)13-25-18-28(16-23(7)8)33-29(25)11-12-34(33,10)31-19-30-26(14-21(3)4)17-27(15-22(5)6)32(30)24(31)9/h13-16,24-33H,11-12,17-19H2,1-10H3/t24?,25?,26?,27?,28?,29?,30?,31-,32?,33?,34?/m0/s1. The molecule has 0 bridgehead atoms. The summed E-state index contributed by atoms with van der Waals surface area (Å²) in [7, 11) is 0.